The van der Waals surface area contributed by atoms with Gasteiger partial charge in [0, 0.05) is 12.1 Å². The van der Waals surface area contributed by atoms with Crippen molar-refractivity contribution < 1.29 is 9.15 Å². The number of rotatable bonds is 5. The molecule has 4 rings (SSSR count). The summed E-state index contributed by atoms with van der Waals surface area (Å²) in [6, 6.07) is 22.2. The highest BCUT2D eigenvalue weighted by atomic mass is 32.1. The van der Waals surface area contributed by atoms with Crippen LogP contribution < -0.4 is 4.74 Å². The fourth-order valence-electron chi connectivity index (χ4n) is 3.11. The van der Waals surface area contributed by atoms with Gasteiger partial charge in [-0.05, 0) is 59.7 Å². The molecule has 0 saturated carbocycles. The van der Waals surface area contributed by atoms with E-state index >= 15 is 0 Å². The second-order valence-electron chi connectivity index (χ2n) is 6.25. The molecule has 27 heavy (non-hydrogen) atoms. The van der Waals surface area contributed by atoms with Crippen molar-refractivity contribution in [1.82, 2.24) is 4.90 Å². The molecule has 0 saturated heterocycles. The molecule has 2 aromatic carbocycles. The summed E-state index contributed by atoms with van der Waals surface area (Å²) in [5, 5.41) is 0. The molecular formula is C23H19NO2S. The Morgan fingerprint density at radius 3 is 2.44 bits per heavy atom. The Hall–Kier alpha value is -3.11. The van der Waals surface area contributed by atoms with E-state index in [1.807, 2.05) is 48.5 Å². The van der Waals surface area contributed by atoms with Gasteiger partial charge in [0.1, 0.15) is 16.5 Å². The molecule has 2 heterocycles. The summed E-state index contributed by atoms with van der Waals surface area (Å²) in [4.78, 5) is 2.96. The number of ether oxygens (including phenoxy) is 1. The van der Waals surface area contributed by atoms with E-state index in [0.29, 0.717) is 6.54 Å². The van der Waals surface area contributed by atoms with Crippen molar-refractivity contribution in [1.29, 1.82) is 0 Å². The van der Waals surface area contributed by atoms with Gasteiger partial charge >= 0.3 is 0 Å². The van der Waals surface area contributed by atoms with Crippen molar-refractivity contribution in [3.63, 3.8) is 0 Å². The van der Waals surface area contributed by atoms with Crippen molar-refractivity contribution in [3.05, 3.63) is 102 Å². The molecule has 134 valence electrons. The Bertz CT molecular complexity index is 987. The molecule has 0 radical (unpaired) electrons. The predicted molar refractivity (Wildman–Crippen MR) is 112 cm³/mol. The molecule has 3 nitrogen and oxygen atoms in total. The largest absolute Gasteiger partial charge is 0.497 e. The van der Waals surface area contributed by atoms with Gasteiger partial charge in [-0.2, -0.15) is 0 Å². The van der Waals surface area contributed by atoms with Crippen molar-refractivity contribution in [2.24, 2.45) is 0 Å². The predicted octanol–water partition coefficient (Wildman–Crippen LogP) is 5.56. The van der Waals surface area contributed by atoms with Crippen LogP contribution in [0.2, 0.25) is 0 Å². The molecule has 3 aromatic rings. The Kier molecular flexibility index (Phi) is 4.90. The van der Waals surface area contributed by atoms with Gasteiger partial charge in [0.2, 0.25) is 0 Å². The van der Waals surface area contributed by atoms with E-state index in [1.54, 1.807) is 13.4 Å². The molecule has 0 aliphatic carbocycles. The topological polar surface area (TPSA) is 25.6 Å². The third kappa shape index (κ3) is 3.71. The molecule has 1 aliphatic rings. The van der Waals surface area contributed by atoms with Gasteiger partial charge in [-0.15, -0.1) is 0 Å². The van der Waals surface area contributed by atoms with Crippen molar-refractivity contribution in [2.45, 2.75) is 6.54 Å². The van der Waals surface area contributed by atoms with Crippen LogP contribution in [0.15, 0.2) is 89.1 Å². The fourth-order valence-corrected chi connectivity index (χ4v) is 3.39. The summed E-state index contributed by atoms with van der Waals surface area (Å²) in [5.74, 6) is 1.63. The van der Waals surface area contributed by atoms with Gasteiger partial charge in [-0.3, -0.25) is 0 Å². The van der Waals surface area contributed by atoms with Crippen LogP contribution >= 0.6 is 12.2 Å². The summed E-state index contributed by atoms with van der Waals surface area (Å²) < 4.78 is 10.8. The number of thiocarbonyl (C=S) groups is 1. The van der Waals surface area contributed by atoms with Crippen LogP contribution in [-0.4, -0.2) is 17.0 Å². The fraction of sp³-hybridized carbons (Fsp3) is 0.0870. The molecular weight excluding hydrogens is 354 g/mol. The highest BCUT2D eigenvalue weighted by Crippen LogP contribution is 2.33. The van der Waals surface area contributed by atoms with Crippen LogP contribution in [0.4, 0.5) is 0 Å². The molecule has 4 heteroatoms. The lowest BCUT2D eigenvalue weighted by molar-refractivity contribution is 0.414. The zero-order valence-corrected chi connectivity index (χ0v) is 15.8. The average molecular weight is 373 g/mol. The maximum atomic E-state index is 5.80. The number of methoxy groups -OCH3 is 1. The molecule has 0 fully saturated rings. The molecule has 0 spiro atoms. The van der Waals surface area contributed by atoms with Crippen LogP contribution in [0.25, 0.3) is 11.8 Å². The standard InChI is InChI=1S/C23H19NO2S/c1-25-20-11-9-18(10-12-20)22-15-19(14-21-8-5-13-26-21)23(27)24(22)16-17-6-3-2-4-7-17/h2-15H,16H2,1H3/b19-14+. The van der Waals surface area contributed by atoms with Crippen molar-refractivity contribution in [3.8, 4) is 5.75 Å². The number of benzene rings is 2. The zero-order valence-electron chi connectivity index (χ0n) is 15.0. The highest BCUT2D eigenvalue weighted by Gasteiger charge is 2.26. The molecule has 0 unspecified atom stereocenters. The first-order valence-electron chi connectivity index (χ1n) is 8.72. The van der Waals surface area contributed by atoms with Gasteiger partial charge in [0.25, 0.3) is 0 Å². The molecule has 0 N–H and O–H groups in total. The van der Waals surface area contributed by atoms with Crippen LogP contribution in [0.1, 0.15) is 16.9 Å². The lowest BCUT2D eigenvalue weighted by atomic mass is 10.1. The normalized spacial score (nSPS) is 15.3. The third-order valence-corrected chi connectivity index (χ3v) is 4.94. The Morgan fingerprint density at radius 2 is 1.78 bits per heavy atom. The molecule has 1 aliphatic heterocycles. The maximum Gasteiger partial charge on any atom is 0.127 e. The van der Waals surface area contributed by atoms with E-state index in [9.17, 15) is 0 Å². The van der Waals surface area contributed by atoms with E-state index in [4.69, 9.17) is 21.4 Å². The van der Waals surface area contributed by atoms with E-state index in [1.165, 1.54) is 5.56 Å². The van der Waals surface area contributed by atoms with Crippen LogP contribution in [0, 0.1) is 0 Å². The number of hydrogen-bond acceptors (Lipinski definition) is 3. The van der Waals surface area contributed by atoms with Crippen molar-refractivity contribution in [2.75, 3.05) is 7.11 Å². The monoisotopic (exact) mass is 373 g/mol. The molecule has 0 bridgehead atoms. The van der Waals surface area contributed by atoms with E-state index in [2.05, 4.69) is 35.2 Å². The van der Waals surface area contributed by atoms with Gasteiger partial charge in [0.05, 0.1) is 19.1 Å². The summed E-state index contributed by atoms with van der Waals surface area (Å²) in [6.07, 6.45) is 5.77. The lowest BCUT2D eigenvalue weighted by Gasteiger charge is -2.23. The number of hydrogen-bond donors (Lipinski definition) is 0. The maximum absolute atomic E-state index is 5.80. The molecule has 1 aromatic heterocycles. The second-order valence-corrected chi connectivity index (χ2v) is 6.64. The Labute approximate surface area is 164 Å². The SMILES string of the molecule is COc1ccc(C2=C/C(=C\c3ccco3)C(=S)N2Cc2ccccc2)cc1. The summed E-state index contributed by atoms with van der Waals surface area (Å²) in [5.41, 5.74) is 4.35. The molecule has 0 amide bonds. The number of furan rings is 1. The molecule has 0 atom stereocenters. The van der Waals surface area contributed by atoms with Gasteiger partial charge < -0.3 is 14.1 Å². The Morgan fingerprint density at radius 1 is 1.00 bits per heavy atom. The summed E-state index contributed by atoms with van der Waals surface area (Å²) >= 11 is 5.80. The smallest absolute Gasteiger partial charge is 0.127 e. The van der Waals surface area contributed by atoms with E-state index in [-0.39, 0.29) is 0 Å². The zero-order chi connectivity index (χ0) is 18.6. The third-order valence-electron chi connectivity index (χ3n) is 4.49. The van der Waals surface area contributed by atoms with Crippen molar-refractivity contribution >= 4 is 29.0 Å². The first kappa shape index (κ1) is 17.3. The van der Waals surface area contributed by atoms with Gasteiger partial charge in [-0.25, -0.2) is 0 Å². The summed E-state index contributed by atoms with van der Waals surface area (Å²) in [7, 11) is 1.67. The minimum Gasteiger partial charge on any atom is -0.497 e. The van der Waals surface area contributed by atoms with Gasteiger partial charge in [0.15, 0.2) is 0 Å². The van der Waals surface area contributed by atoms with Crippen LogP contribution in [0.3, 0.4) is 0 Å². The quantitative estimate of drug-likeness (QED) is 0.432. The first-order valence-corrected chi connectivity index (χ1v) is 9.12. The number of nitrogens with zero attached hydrogens (tertiary/aromatic N) is 1. The van der Waals surface area contributed by atoms with Gasteiger partial charge in [-0.1, -0.05) is 42.5 Å². The second kappa shape index (κ2) is 7.64. The van der Waals surface area contributed by atoms with Crippen LogP contribution in [0.5, 0.6) is 5.75 Å². The van der Waals surface area contributed by atoms with E-state index < -0.39 is 0 Å². The first-order chi connectivity index (χ1) is 13.2. The lowest BCUT2D eigenvalue weighted by Crippen LogP contribution is -2.23. The minimum absolute atomic E-state index is 0.715. The Balaban J connectivity index is 1.72. The minimum atomic E-state index is 0.715. The summed E-state index contributed by atoms with van der Waals surface area (Å²) in [6.45, 7) is 0.715. The van der Waals surface area contributed by atoms with Crippen LogP contribution in [-0.2, 0) is 6.54 Å². The highest BCUT2D eigenvalue weighted by molar-refractivity contribution is 7.80. The van der Waals surface area contributed by atoms with E-state index in [0.717, 1.165) is 33.3 Å². The average Bonchev–Trinajstić information content (AvgIpc) is 3.33.